The van der Waals surface area contributed by atoms with Crippen LogP contribution < -0.4 is 0 Å². The standard InChI is InChI=1S/C15H10BrClN2O2/c16-11-6-5-9(17)7-10(11)15-18-12-3-1-2-4-13(12)19(15)8-14(20)21/h1-7H,8H2,(H,20,21). The summed E-state index contributed by atoms with van der Waals surface area (Å²) in [6.07, 6.45) is 0. The summed E-state index contributed by atoms with van der Waals surface area (Å²) in [5, 5.41) is 9.73. The summed E-state index contributed by atoms with van der Waals surface area (Å²) in [7, 11) is 0. The van der Waals surface area contributed by atoms with Gasteiger partial charge in [-0.2, -0.15) is 0 Å². The van der Waals surface area contributed by atoms with E-state index in [9.17, 15) is 4.79 Å². The van der Waals surface area contributed by atoms with E-state index in [0.717, 1.165) is 21.1 Å². The number of para-hydroxylation sites is 2. The Bertz CT molecular complexity index is 845. The fourth-order valence-electron chi connectivity index (χ4n) is 2.25. The van der Waals surface area contributed by atoms with Gasteiger partial charge in [-0.1, -0.05) is 39.7 Å². The van der Waals surface area contributed by atoms with Gasteiger partial charge in [0.15, 0.2) is 0 Å². The molecule has 3 aromatic rings. The second-order valence-corrected chi connectivity index (χ2v) is 5.82. The molecule has 0 saturated heterocycles. The number of nitrogens with zero attached hydrogens (tertiary/aromatic N) is 2. The van der Waals surface area contributed by atoms with E-state index in [1.165, 1.54) is 0 Å². The second-order valence-electron chi connectivity index (χ2n) is 4.53. The average molecular weight is 366 g/mol. The van der Waals surface area contributed by atoms with Crippen molar-refractivity contribution in [3.63, 3.8) is 0 Å². The number of hydrogen-bond acceptors (Lipinski definition) is 2. The van der Waals surface area contributed by atoms with Crippen molar-refractivity contribution in [2.45, 2.75) is 6.54 Å². The Kier molecular flexibility index (Phi) is 3.69. The molecule has 4 nitrogen and oxygen atoms in total. The van der Waals surface area contributed by atoms with Crippen molar-refractivity contribution < 1.29 is 9.90 Å². The van der Waals surface area contributed by atoms with E-state index >= 15 is 0 Å². The van der Waals surface area contributed by atoms with Gasteiger partial charge in [0.2, 0.25) is 0 Å². The molecule has 0 spiro atoms. The van der Waals surface area contributed by atoms with E-state index in [-0.39, 0.29) is 6.54 Å². The van der Waals surface area contributed by atoms with Crippen molar-refractivity contribution >= 4 is 44.5 Å². The highest BCUT2D eigenvalue weighted by Gasteiger charge is 2.16. The summed E-state index contributed by atoms with van der Waals surface area (Å²) in [5.74, 6) is -0.342. The number of carboxylic acids is 1. The van der Waals surface area contributed by atoms with Gasteiger partial charge in [0.25, 0.3) is 0 Å². The molecule has 0 aliphatic rings. The van der Waals surface area contributed by atoms with Gasteiger partial charge in [-0.25, -0.2) is 4.98 Å². The molecule has 0 amide bonds. The molecule has 1 N–H and O–H groups in total. The highest BCUT2D eigenvalue weighted by atomic mass is 79.9. The van der Waals surface area contributed by atoms with Crippen LogP contribution in [-0.2, 0) is 11.3 Å². The molecule has 21 heavy (non-hydrogen) atoms. The third kappa shape index (κ3) is 2.66. The SMILES string of the molecule is O=C(O)Cn1c(-c2cc(Cl)ccc2Br)nc2ccccc21. The first kappa shape index (κ1) is 14.1. The van der Waals surface area contributed by atoms with Gasteiger partial charge in [0.1, 0.15) is 12.4 Å². The molecule has 1 heterocycles. The van der Waals surface area contributed by atoms with Crippen LogP contribution in [0.2, 0.25) is 5.02 Å². The third-order valence-corrected chi connectivity index (χ3v) is 4.04. The van der Waals surface area contributed by atoms with E-state index in [1.54, 1.807) is 16.7 Å². The molecule has 0 bridgehead atoms. The summed E-state index contributed by atoms with van der Waals surface area (Å²) in [5.41, 5.74) is 2.29. The molecular formula is C15H10BrClN2O2. The topological polar surface area (TPSA) is 55.1 Å². The van der Waals surface area contributed by atoms with Gasteiger partial charge in [-0.05, 0) is 30.3 Å². The fraction of sp³-hybridized carbons (Fsp3) is 0.0667. The maximum absolute atomic E-state index is 11.2. The molecule has 3 rings (SSSR count). The van der Waals surface area contributed by atoms with Crippen molar-refractivity contribution in [2.24, 2.45) is 0 Å². The zero-order chi connectivity index (χ0) is 15.0. The molecule has 0 radical (unpaired) electrons. The summed E-state index contributed by atoms with van der Waals surface area (Å²) in [4.78, 5) is 15.7. The van der Waals surface area contributed by atoms with Crippen LogP contribution >= 0.6 is 27.5 Å². The number of benzene rings is 2. The number of imidazole rings is 1. The lowest BCUT2D eigenvalue weighted by Gasteiger charge is -2.08. The first-order valence-corrected chi connectivity index (χ1v) is 7.36. The zero-order valence-electron chi connectivity index (χ0n) is 10.8. The lowest BCUT2D eigenvalue weighted by molar-refractivity contribution is -0.137. The predicted molar refractivity (Wildman–Crippen MR) is 85.5 cm³/mol. The zero-order valence-corrected chi connectivity index (χ0v) is 13.1. The van der Waals surface area contributed by atoms with Gasteiger partial charge in [-0.15, -0.1) is 0 Å². The van der Waals surface area contributed by atoms with Gasteiger partial charge >= 0.3 is 5.97 Å². The van der Waals surface area contributed by atoms with E-state index < -0.39 is 5.97 Å². The molecule has 0 fully saturated rings. The Labute approximate surface area is 134 Å². The lowest BCUT2D eigenvalue weighted by atomic mass is 10.2. The van der Waals surface area contributed by atoms with Crippen LogP contribution in [0.4, 0.5) is 0 Å². The molecule has 106 valence electrons. The second kappa shape index (κ2) is 5.50. The number of aliphatic carboxylic acids is 1. The highest BCUT2D eigenvalue weighted by molar-refractivity contribution is 9.10. The predicted octanol–water partition coefficient (Wildman–Crippen LogP) is 4.20. The Morgan fingerprint density at radius 2 is 2.05 bits per heavy atom. The Hall–Kier alpha value is -1.85. The monoisotopic (exact) mass is 364 g/mol. The third-order valence-electron chi connectivity index (χ3n) is 3.12. The van der Waals surface area contributed by atoms with Crippen LogP contribution in [0, 0.1) is 0 Å². The van der Waals surface area contributed by atoms with Crippen molar-refractivity contribution in [3.05, 3.63) is 52.0 Å². The fourth-order valence-corrected chi connectivity index (χ4v) is 2.84. The Morgan fingerprint density at radius 3 is 2.81 bits per heavy atom. The van der Waals surface area contributed by atoms with Crippen molar-refractivity contribution in [1.29, 1.82) is 0 Å². The number of aromatic nitrogens is 2. The number of halogens is 2. The van der Waals surface area contributed by atoms with Crippen LogP contribution in [-0.4, -0.2) is 20.6 Å². The maximum atomic E-state index is 11.2. The normalized spacial score (nSPS) is 11.0. The molecule has 0 atom stereocenters. The minimum Gasteiger partial charge on any atom is -0.480 e. The molecule has 0 aliphatic carbocycles. The van der Waals surface area contributed by atoms with Gasteiger partial charge in [-0.3, -0.25) is 4.79 Å². The number of carbonyl (C=O) groups is 1. The summed E-state index contributed by atoms with van der Waals surface area (Å²) in [6.45, 7) is -0.158. The van der Waals surface area contributed by atoms with E-state index in [4.69, 9.17) is 16.7 Å². The number of carboxylic acid groups (broad SMARTS) is 1. The smallest absolute Gasteiger partial charge is 0.323 e. The molecule has 6 heteroatoms. The molecule has 2 aromatic carbocycles. The lowest BCUT2D eigenvalue weighted by Crippen LogP contribution is -2.10. The summed E-state index contributed by atoms with van der Waals surface area (Å²) in [6, 6.07) is 12.8. The molecule has 0 saturated carbocycles. The van der Waals surface area contributed by atoms with Crippen molar-refractivity contribution in [2.75, 3.05) is 0 Å². The Morgan fingerprint density at radius 1 is 1.29 bits per heavy atom. The first-order chi connectivity index (χ1) is 10.1. The minimum absolute atomic E-state index is 0.158. The van der Waals surface area contributed by atoms with Crippen molar-refractivity contribution in [1.82, 2.24) is 9.55 Å². The van der Waals surface area contributed by atoms with Crippen LogP contribution in [0.3, 0.4) is 0 Å². The van der Waals surface area contributed by atoms with E-state index in [1.807, 2.05) is 30.3 Å². The van der Waals surface area contributed by atoms with E-state index in [0.29, 0.717) is 10.8 Å². The molecule has 0 unspecified atom stereocenters. The molecule has 1 aromatic heterocycles. The number of hydrogen-bond donors (Lipinski definition) is 1. The molecular weight excluding hydrogens is 356 g/mol. The number of fused-ring (bicyclic) bond motifs is 1. The highest BCUT2D eigenvalue weighted by Crippen LogP contribution is 2.32. The van der Waals surface area contributed by atoms with E-state index in [2.05, 4.69) is 20.9 Å². The summed E-state index contributed by atoms with van der Waals surface area (Å²) < 4.78 is 2.49. The van der Waals surface area contributed by atoms with Crippen LogP contribution in [0.25, 0.3) is 22.4 Å². The first-order valence-electron chi connectivity index (χ1n) is 6.19. The Balaban J connectivity index is 2.30. The molecule has 0 aliphatic heterocycles. The van der Waals surface area contributed by atoms with Crippen LogP contribution in [0.1, 0.15) is 0 Å². The van der Waals surface area contributed by atoms with Crippen LogP contribution in [0.15, 0.2) is 46.9 Å². The van der Waals surface area contributed by atoms with Crippen molar-refractivity contribution in [3.8, 4) is 11.4 Å². The van der Waals surface area contributed by atoms with Gasteiger partial charge < -0.3 is 9.67 Å². The number of rotatable bonds is 3. The van der Waals surface area contributed by atoms with Crippen LogP contribution in [0.5, 0.6) is 0 Å². The largest absolute Gasteiger partial charge is 0.480 e. The van der Waals surface area contributed by atoms with Gasteiger partial charge in [0, 0.05) is 15.1 Å². The average Bonchev–Trinajstić information content (AvgIpc) is 2.80. The summed E-state index contributed by atoms with van der Waals surface area (Å²) >= 11 is 9.51. The maximum Gasteiger partial charge on any atom is 0.323 e. The quantitative estimate of drug-likeness (QED) is 0.756. The van der Waals surface area contributed by atoms with Gasteiger partial charge in [0.05, 0.1) is 11.0 Å². The minimum atomic E-state index is -0.919.